The maximum atomic E-state index is 12.3. The summed E-state index contributed by atoms with van der Waals surface area (Å²) in [4.78, 5) is 7.93. The molecule has 21 heavy (non-hydrogen) atoms. The summed E-state index contributed by atoms with van der Waals surface area (Å²) in [5.41, 5.74) is 0.163. The molecule has 1 aromatic carbocycles. The standard InChI is InChI=1S/C13H13F3N4O/c1-2-17-11-7-12(19-8-18-11)20-9-5-3-4-6-10(9)21-13(14,15)16/h3-8H,2H2,1H3,(H2,17,18,19,20). The van der Waals surface area contributed by atoms with Gasteiger partial charge >= 0.3 is 6.36 Å². The lowest BCUT2D eigenvalue weighted by Crippen LogP contribution is -2.17. The Kier molecular flexibility index (Phi) is 4.46. The fraction of sp³-hybridized carbons (Fsp3) is 0.231. The Morgan fingerprint density at radius 3 is 2.57 bits per heavy atom. The number of aromatic nitrogens is 2. The number of halogens is 3. The lowest BCUT2D eigenvalue weighted by atomic mass is 10.3. The lowest BCUT2D eigenvalue weighted by molar-refractivity contribution is -0.274. The van der Waals surface area contributed by atoms with Crippen molar-refractivity contribution >= 4 is 17.3 Å². The van der Waals surface area contributed by atoms with Crippen LogP contribution in [-0.4, -0.2) is 22.9 Å². The van der Waals surface area contributed by atoms with E-state index in [0.29, 0.717) is 18.2 Å². The van der Waals surface area contributed by atoms with E-state index in [1.807, 2.05) is 6.92 Å². The van der Waals surface area contributed by atoms with Gasteiger partial charge in [-0.3, -0.25) is 0 Å². The molecule has 2 rings (SSSR count). The van der Waals surface area contributed by atoms with Gasteiger partial charge in [0.15, 0.2) is 5.75 Å². The Morgan fingerprint density at radius 2 is 1.86 bits per heavy atom. The summed E-state index contributed by atoms with van der Waals surface area (Å²) in [6.07, 6.45) is -3.44. The van der Waals surface area contributed by atoms with Gasteiger partial charge in [0.1, 0.15) is 18.0 Å². The van der Waals surface area contributed by atoms with Gasteiger partial charge in [0.25, 0.3) is 0 Å². The topological polar surface area (TPSA) is 59.1 Å². The van der Waals surface area contributed by atoms with Gasteiger partial charge in [-0.2, -0.15) is 0 Å². The van der Waals surface area contributed by atoms with Crippen LogP contribution in [0.5, 0.6) is 5.75 Å². The van der Waals surface area contributed by atoms with Gasteiger partial charge in [0.05, 0.1) is 5.69 Å². The summed E-state index contributed by atoms with van der Waals surface area (Å²) >= 11 is 0. The summed E-state index contributed by atoms with van der Waals surface area (Å²) in [5, 5.41) is 5.76. The van der Waals surface area contributed by atoms with Crippen LogP contribution in [0.4, 0.5) is 30.5 Å². The van der Waals surface area contributed by atoms with Crippen LogP contribution in [0.2, 0.25) is 0 Å². The number of hydrogen-bond donors (Lipinski definition) is 2. The molecule has 1 heterocycles. The number of para-hydroxylation sites is 2. The minimum atomic E-state index is -4.75. The van der Waals surface area contributed by atoms with Crippen molar-refractivity contribution in [2.45, 2.75) is 13.3 Å². The van der Waals surface area contributed by atoms with E-state index in [4.69, 9.17) is 0 Å². The molecular formula is C13H13F3N4O. The zero-order valence-corrected chi connectivity index (χ0v) is 11.1. The highest BCUT2D eigenvalue weighted by Crippen LogP contribution is 2.31. The summed E-state index contributed by atoms with van der Waals surface area (Å²) in [6.45, 7) is 2.58. The zero-order valence-electron chi connectivity index (χ0n) is 11.1. The zero-order chi connectivity index (χ0) is 15.3. The molecule has 0 amide bonds. The van der Waals surface area contributed by atoms with Crippen molar-refractivity contribution in [1.29, 1.82) is 0 Å². The fourth-order valence-corrected chi connectivity index (χ4v) is 1.63. The predicted octanol–water partition coefficient (Wildman–Crippen LogP) is 3.55. The molecule has 112 valence electrons. The van der Waals surface area contributed by atoms with E-state index in [1.165, 1.54) is 24.5 Å². The maximum Gasteiger partial charge on any atom is 0.573 e. The molecule has 2 N–H and O–H groups in total. The largest absolute Gasteiger partial charge is 0.573 e. The van der Waals surface area contributed by atoms with Crippen LogP contribution in [0.3, 0.4) is 0 Å². The first-order valence-electron chi connectivity index (χ1n) is 6.15. The molecule has 0 radical (unpaired) electrons. The molecule has 1 aromatic heterocycles. The molecule has 0 saturated carbocycles. The SMILES string of the molecule is CCNc1cc(Nc2ccccc2OC(F)(F)F)ncn1. The first-order chi connectivity index (χ1) is 9.98. The molecule has 0 saturated heterocycles. The number of rotatable bonds is 5. The normalized spacial score (nSPS) is 11.0. The minimum absolute atomic E-state index is 0.163. The van der Waals surface area contributed by atoms with E-state index >= 15 is 0 Å². The van der Waals surface area contributed by atoms with Crippen molar-refractivity contribution in [3.8, 4) is 5.75 Å². The van der Waals surface area contributed by atoms with Gasteiger partial charge in [-0.05, 0) is 19.1 Å². The number of ether oxygens (including phenoxy) is 1. The van der Waals surface area contributed by atoms with Crippen LogP contribution >= 0.6 is 0 Å². The summed E-state index contributed by atoms with van der Waals surface area (Å²) in [7, 11) is 0. The summed E-state index contributed by atoms with van der Waals surface area (Å²) in [5.74, 6) is 0.608. The molecule has 0 aliphatic carbocycles. The Hall–Kier alpha value is -2.51. The lowest BCUT2D eigenvalue weighted by Gasteiger charge is -2.14. The average molecular weight is 298 g/mol. The fourth-order valence-electron chi connectivity index (χ4n) is 1.63. The minimum Gasteiger partial charge on any atom is -0.404 e. The quantitative estimate of drug-likeness (QED) is 0.884. The predicted molar refractivity (Wildman–Crippen MR) is 72.6 cm³/mol. The summed E-state index contributed by atoms with van der Waals surface area (Å²) in [6, 6.07) is 7.33. The molecule has 0 unspecified atom stereocenters. The highest BCUT2D eigenvalue weighted by Gasteiger charge is 2.32. The molecule has 8 heteroatoms. The first kappa shape index (κ1) is 14.9. The smallest absolute Gasteiger partial charge is 0.404 e. The van der Waals surface area contributed by atoms with Crippen LogP contribution < -0.4 is 15.4 Å². The third kappa shape index (κ3) is 4.51. The van der Waals surface area contributed by atoms with E-state index in [1.54, 1.807) is 12.1 Å². The number of nitrogens with zero attached hydrogens (tertiary/aromatic N) is 2. The van der Waals surface area contributed by atoms with Gasteiger partial charge in [0.2, 0.25) is 0 Å². The first-order valence-corrected chi connectivity index (χ1v) is 6.15. The molecule has 5 nitrogen and oxygen atoms in total. The van der Waals surface area contributed by atoms with Gasteiger partial charge in [-0.1, -0.05) is 12.1 Å². The Labute approximate surface area is 119 Å². The van der Waals surface area contributed by atoms with Crippen LogP contribution in [-0.2, 0) is 0 Å². The molecule has 0 spiro atoms. The highest BCUT2D eigenvalue weighted by molar-refractivity contribution is 5.65. The molecular weight excluding hydrogens is 285 g/mol. The molecule has 0 aliphatic rings. The highest BCUT2D eigenvalue weighted by atomic mass is 19.4. The van der Waals surface area contributed by atoms with Crippen molar-refractivity contribution in [1.82, 2.24) is 9.97 Å². The Morgan fingerprint density at radius 1 is 1.14 bits per heavy atom. The third-order valence-corrected chi connectivity index (χ3v) is 2.40. The number of anilines is 3. The van der Waals surface area contributed by atoms with Gasteiger partial charge in [0, 0.05) is 12.6 Å². The molecule has 0 fully saturated rings. The van der Waals surface area contributed by atoms with Gasteiger partial charge in [-0.15, -0.1) is 13.2 Å². The second kappa shape index (κ2) is 6.29. The molecule has 0 atom stereocenters. The number of benzene rings is 1. The second-order valence-corrected chi connectivity index (χ2v) is 3.99. The van der Waals surface area contributed by atoms with E-state index in [-0.39, 0.29) is 11.4 Å². The monoisotopic (exact) mass is 298 g/mol. The molecule has 0 aliphatic heterocycles. The van der Waals surface area contributed by atoms with Crippen LogP contribution in [0.25, 0.3) is 0 Å². The Bertz CT molecular complexity index is 604. The van der Waals surface area contributed by atoms with E-state index in [9.17, 15) is 13.2 Å². The Balaban J connectivity index is 2.21. The van der Waals surface area contributed by atoms with Crippen LogP contribution in [0.15, 0.2) is 36.7 Å². The van der Waals surface area contributed by atoms with E-state index < -0.39 is 6.36 Å². The number of alkyl halides is 3. The van der Waals surface area contributed by atoms with Gasteiger partial charge in [-0.25, -0.2) is 9.97 Å². The van der Waals surface area contributed by atoms with Crippen LogP contribution in [0.1, 0.15) is 6.92 Å². The van der Waals surface area contributed by atoms with Crippen molar-refractivity contribution in [2.24, 2.45) is 0 Å². The van der Waals surface area contributed by atoms with E-state index in [0.717, 1.165) is 0 Å². The second-order valence-electron chi connectivity index (χ2n) is 3.99. The third-order valence-electron chi connectivity index (χ3n) is 2.40. The van der Waals surface area contributed by atoms with Crippen molar-refractivity contribution < 1.29 is 17.9 Å². The average Bonchev–Trinajstić information content (AvgIpc) is 2.40. The van der Waals surface area contributed by atoms with Crippen molar-refractivity contribution in [3.63, 3.8) is 0 Å². The molecule has 2 aromatic rings. The van der Waals surface area contributed by atoms with Crippen LogP contribution in [0, 0.1) is 0 Å². The number of nitrogens with one attached hydrogen (secondary N) is 2. The number of hydrogen-bond acceptors (Lipinski definition) is 5. The summed E-state index contributed by atoms with van der Waals surface area (Å²) < 4.78 is 41.0. The van der Waals surface area contributed by atoms with Crippen molar-refractivity contribution in [2.75, 3.05) is 17.2 Å². The van der Waals surface area contributed by atoms with Crippen molar-refractivity contribution in [3.05, 3.63) is 36.7 Å². The maximum absolute atomic E-state index is 12.3. The molecule has 0 bridgehead atoms. The van der Waals surface area contributed by atoms with E-state index in [2.05, 4.69) is 25.3 Å². The van der Waals surface area contributed by atoms with Gasteiger partial charge < -0.3 is 15.4 Å².